The van der Waals surface area contributed by atoms with Gasteiger partial charge in [0.15, 0.2) is 0 Å². The summed E-state index contributed by atoms with van der Waals surface area (Å²) in [5, 5.41) is 0. The normalized spacial score (nSPS) is 16.6. The Hall–Kier alpha value is -2.13. The molecule has 0 aliphatic heterocycles. The number of hydrogen-bond acceptors (Lipinski definition) is 2. The van der Waals surface area contributed by atoms with Gasteiger partial charge in [-0.15, -0.1) is 11.8 Å². The molecule has 2 aromatic rings. The molecule has 188 valence electrons. The van der Waals surface area contributed by atoms with E-state index in [-0.39, 0.29) is 5.82 Å². The summed E-state index contributed by atoms with van der Waals surface area (Å²) in [6.45, 7) is 10.4. The topological polar surface area (TPSA) is 17.1 Å². The van der Waals surface area contributed by atoms with Crippen LogP contribution in [0.15, 0.2) is 59.5 Å². The van der Waals surface area contributed by atoms with Crippen LogP contribution in [0.3, 0.4) is 0 Å². The van der Waals surface area contributed by atoms with Crippen molar-refractivity contribution in [3.05, 3.63) is 87.6 Å². The minimum Gasteiger partial charge on any atom is -0.303 e. The van der Waals surface area contributed by atoms with Crippen LogP contribution in [0, 0.1) is 18.2 Å². The quantitative estimate of drug-likeness (QED) is 0.274. The lowest BCUT2D eigenvalue weighted by atomic mass is 9.81. The van der Waals surface area contributed by atoms with Gasteiger partial charge >= 0.3 is 0 Å². The lowest BCUT2D eigenvalue weighted by Crippen LogP contribution is -2.22. The van der Waals surface area contributed by atoms with Gasteiger partial charge in [-0.05, 0) is 90.7 Å². The van der Waals surface area contributed by atoms with Gasteiger partial charge in [0.1, 0.15) is 12.1 Å². The summed E-state index contributed by atoms with van der Waals surface area (Å²) in [5.41, 5.74) is 5.69. The van der Waals surface area contributed by atoms with Crippen molar-refractivity contribution in [3.63, 3.8) is 0 Å². The molecule has 3 rings (SSSR count). The third-order valence-electron chi connectivity index (χ3n) is 7.34. The molecule has 0 radical (unpaired) electrons. The highest BCUT2D eigenvalue weighted by atomic mass is 32.2. The number of allylic oxidation sites excluding steroid dienone is 2. The van der Waals surface area contributed by atoms with Crippen LogP contribution >= 0.6 is 11.8 Å². The SMILES string of the molecule is C=C(CCc1ccccc1C1CCCCC1)SCC(C)(C=O)C/C(=C/c1ccc(F)cc1C)CC. The molecule has 3 heteroatoms. The van der Waals surface area contributed by atoms with Gasteiger partial charge in [-0.25, -0.2) is 4.39 Å². The maximum absolute atomic E-state index is 13.5. The Morgan fingerprint density at radius 1 is 1.17 bits per heavy atom. The Morgan fingerprint density at radius 2 is 1.91 bits per heavy atom. The molecule has 0 heterocycles. The van der Waals surface area contributed by atoms with Crippen molar-refractivity contribution >= 4 is 24.1 Å². The fourth-order valence-electron chi connectivity index (χ4n) is 5.13. The Bertz CT molecular complexity index is 1030. The molecule has 1 aliphatic carbocycles. The predicted octanol–water partition coefficient (Wildman–Crippen LogP) is 9.45. The fraction of sp³-hybridized carbons (Fsp3) is 0.469. The second kappa shape index (κ2) is 13.3. The number of halogens is 1. The van der Waals surface area contributed by atoms with Crippen molar-refractivity contribution in [1.29, 1.82) is 0 Å². The van der Waals surface area contributed by atoms with Crippen LogP contribution in [0.25, 0.3) is 6.08 Å². The summed E-state index contributed by atoms with van der Waals surface area (Å²) < 4.78 is 13.5. The maximum Gasteiger partial charge on any atom is 0.127 e. The zero-order valence-corrected chi connectivity index (χ0v) is 22.6. The number of thioether (sulfide) groups is 1. The first-order valence-corrected chi connectivity index (χ1v) is 14.1. The van der Waals surface area contributed by atoms with E-state index in [1.54, 1.807) is 17.8 Å². The second-order valence-electron chi connectivity index (χ2n) is 10.5. The van der Waals surface area contributed by atoms with Gasteiger partial charge < -0.3 is 4.79 Å². The first kappa shape index (κ1) is 27.5. The van der Waals surface area contributed by atoms with E-state index in [2.05, 4.69) is 43.8 Å². The molecule has 2 aromatic carbocycles. The van der Waals surface area contributed by atoms with Crippen LogP contribution in [0.1, 0.15) is 93.4 Å². The first-order valence-electron chi connectivity index (χ1n) is 13.1. The van der Waals surface area contributed by atoms with E-state index in [1.807, 2.05) is 19.9 Å². The van der Waals surface area contributed by atoms with Gasteiger partial charge in [-0.1, -0.05) is 81.7 Å². The number of aldehydes is 1. The number of carbonyl (C=O) groups excluding carboxylic acids is 1. The summed E-state index contributed by atoms with van der Waals surface area (Å²) in [6.07, 6.45) is 13.4. The Labute approximate surface area is 216 Å². The average Bonchev–Trinajstić information content (AvgIpc) is 2.88. The van der Waals surface area contributed by atoms with Gasteiger partial charge in [0.25, 0.3) is 0 Å². The minimum absolute atomic E-state index is 0.216. The highest BCUT2D eigenvalue weighted by Gasteiger charge is 2.25. The van der Waals surface area contributed by atoms with Gasteiger partial charge in [-0.3, -0.25) is 0 Å². The van der Waals surface area contributed by atoms with E-state index in [1.165, 1.54) is 54.9 Å². The van der Waals surface area contributed by atoms with Crippen LogP contribution in [-0.4, -0.2) is 12.0 Å². The molecule has 1 nitrogen and oxygen atoms in total. The molecule has 0 amide bonds. The van der Waals surface area contributed by atoms with Crippen molar-refractivity contribution in [2.75, 3.05) is 5.75 Å². The van der Waals surface area contributed by atoms with Gasteiger partial charge in [0.2, 0.25) is 0 Å². The van der Waals surface area contributed by atoms with E-state index in [0.29, 0.717) is 12.3 Å². The van der Waals surface area contributed by atoms with Gasteiger partial charge in [-0.2, -0.15) is 0 Å². The third kappa shape index (κ3) is 8.20. The van der Waals surface area contributed by atoms with Crippen molar-refractivity contribution in [1.82, 2.24) is 0 Å². The maximum atomic E-state index is 13.5. The van der Waals surface area contributed by atoms with Crippen LogP contribution in [0.5, 0.6) is 0 Å². The summed E-state index contributed by atoms with van der Waals surface area (Å²) in [7, 11) is 0. The lowest BCUT2D eigenvalue weighted by molar-refractivity contribution is -0.114. The highest BCUT2D eigenvalue weighted by Crippen LogP contribution is 2.37. The van der Waals surface area contributed by atoms with E-state index in [4.69, 9.17) is 0 Å². The monoisotopic (exact) mass is 492 g/mol. The lowest BCUT2D eigenvalue weighted by Gasteiger charge is -2.25. The summed E-state index contributed by atoms with van der Waals surface area (Å²) in [5.74, 6) is 1.22. The first-order chi connectivity index (χ1) is 16.8. The Balaban J connectivity index is 1.58. The van der Waals surface area contributed by atoms with E-state index >= 15 is 0 Å². The predicted molar refractivity (Wildman–Crippen MR) is 150 cm³/mol. The van der Waals surface area contributed by atoms with E-state index in [0.717, 1.165) is 47.3 Å². The molecule has 1 unspecified atom stereocenters. The number of rotatable bonds is 12. The van der Waals surface area contributed by atoms with Crippen molar-refractivity contribution in [2.24, 2.45) is 5.41 Å². The van der Waals surface area contributed by atoms with E-state index in [9.17, 15) is 9.18 Å². The number of benzene rings is 2. The molecule has 0 aromatic heterocycles. The molecule has 35 heavy (non-hydrogen) atoms. The van der Waals surface area contributed by atoms with Crippen LogP contribution in [0.4, 0.5) is 4.39 Å². The smallest absolute Gasteiger partial charge is 0.127 e. The zero-order chi connectivity index (χ0) is 25.3. The summed E-state index contributed by atoms with van der Waals surface area (Å²) in [6, 6.07) is 13.8. The molecule has 1 aliphatic rings. The van der Waals surface area contributed by atoms with E-state index < -0.39 is 5.41 Å². The largest absolute Gasteiger partial charge is 0.303 e. The number of carbonyl (C=O) groups is 1. The van der Waals surface area contributed by atoms with Gasteiger partial charge in [0, 0.05) is 11.2 Å². The molecular weight excluding hydrogens is 451 g/mol. The molecule has 0 N–H and O–H groups in total. The molecule has 0 spiro atoms. The van der Waals surface area contributed by atoms with Crippen molar-refractivity contribution < 1.29 is 9.18 Å². The highest BCUT2D eigenvalue weighted by molar-refractivity contribution is 8.03. The Kier molecular flexibility index (Phi) is 10.4. The molecule has 1 atom stereocenters. The second-order valence-corrected chi connectivity index (χ2v) is 11.6. The van der Waals surface area contributed by atoms with Crippen molar-refractivity contribution in [3.8, 4) is 0 Å². The number of hydrogen-bond donors (Lipinski definition) is 0. The summed E-state index contributed by atoms with van der Waals surface area (Å²) >= 11 is 1.73. The summed E-state index contributed by atoms with van der Waals surface area (Å²) in [4.78, 5) is 13.3. The molecule has 1 saturated carbocycles. The van der Waals surface area contributed by atoms with Crippen LogP contribution in [-0.2, 0) is 11.2 Å². The minimum atomic E-state index is -0.455. The molecular formula is C32H41FOS. The third-order valence-corrected chi connectivity index (χ3v) is 8.76. The van der Waals surface area contributed by atoms with Crippen molar-refractivity contribution in [2.45, 2.75) is 84.5 Å². The molecule has 1 fully saturated rings. The number of aryl methyl sites for hydroxylation is 2. The Morgan fingerprint density at radius 3 is 2.60 bits per heavy atom. The molecule has 0 bridgehead atoms. The average molecular weight is 493 g/mol. The van der Waals surface area contributed by atoms with Crippen LogP contribution < -0.4 is 0 Å². The van der Waals surface area contributed by atoms with Crippen LogP contribution in [0.2, 0.25) is 0 Å². The molecule has 0 saturated heterocycles. The standard InChI is InChI=1S/C32H41FOS/c1-5-26(20-29-17-18-30(33)19-24(29)2)21-32(4,22-34)23-35-25(3)15-16-28-13-9-10-14-31(28)27-11-7-6-8-12-27/h9-10,13-14,17-20,22,27H,3,5-8,11-12,15-16,21,23H2,1-2,4H3/b26-20+. The zero-order valence-electron chi connectivity index (χ0n) is 21.7. The fourth-order valence-corrected chi connectivity index (χ4v) is 6.08. The van der Waals surface area contributed by atoms with Gasteiger partial charge in [0.05, 0.1) is 0 Å².